The van der Waals surface area contributed by atoms with Gasteiger partial charge in [0.05, 0.1) is 12.6 Å². The van der Waals surface area contributed by atoms with Crippen molar-refractivity contribution in [1.82, 2.24) is 19.7 Å². The molecule has 1 aliphatic carbocycles. The number of amides is 1. The number of hydrogen-bond donors (Lipinski definition) is 2. The molecule has 1 amide bonds. The molecule has 8 heteroatoms. The van der Waals surface area contributed by atoms with Gasteiger partial charge in [0.15, 0.2) is 0 Å². The van der Waals surface area contributed by atoms with Gasteiger partial charge in [-0.3, -0.25) is 19.5 Å². The molecule has 1 aromatic rings. The van der Waals surface area contributed by atoms with Crippen LogP contribution in [0.2, 0.25) is 0 Å². The Hall–Kier alpha value is -2.03. The van der Waals surface area contributed by atoms with Crippen molar-refractivity contribution in [3.05, 3.63) is 30.1 Å². The van der Waals surface area contributed by atoms with Crippen LogP contribution in [0.15, 0.2) is 24.5 Å². The topological polar surface area (TPSA) is 97.2 Å². The first-order chi connectivity index (χ1) is 13.3. The first kappa shape index (κ1) is 22.3. The van der Waals surface area contributed by atoms with Crippen LogP contribution in [-0.2, 0) is 16.1 Å². The van der Waals surface area contributed by atoms with Crippen molar-refractivity contribution in [2.45, 2.75) is 31.5 Å². The first-order valence-corrected chi connectivity index (χ1v) is 9.63. The third kappa shape index (κ3) is 5.98. The molecule has 156 valence electrons. The Balaban J connectivity index is 0.000000878. The van der Waals surface area contributed by atoms with Gasteiger partial charge in [-0.1, -0.05) is 0 Å². The second kappa shape index (κ2) is 10.5. The fourth-order valence-electron chi connectivity index (χ4n) is 4.35. The number of aromatic nitrogens is 1. The normalized spacial score (nSPS) is 26.6. The second-order valence-corrected chi connectivity index (χ2v) is 8.02. The summed E-state index contributed by atoms with van der Waals surface area (Å²) < 4.78 is 0. The van der Waals surface area contributed by atoms with Gasteiger partial charge in [-0.25, -0.2) is 0 Å². The minimum Gasteiger partial charge on any atom is -0.483 e. The van der Waals surface area contributed by atoms with Crippen LogP contribution < -0.4 is 0 Å². The zero-order chi connectivity index (χ0) is 20.7. The lowest BCUT2D eigenvalue weighted by atomic mass is 9.77. The molecule has 2 heterocycles. The Kier molecular flexibility index (Phi) is 8.35. The Morgan fingerprint density at radius 3 is 2.36 bits per heavy atom. The van der Waals surface area contributed by atoms with E-state index in [2.05, 4.69) is 14.8 Å². The summed E-state index contributed by atoms with van der Waals surface area (Å²) in [5.41, 5.74) is 1.16. The number of aliphatic hydroxyl groups excluding tert-OH is 1. The summed E-state index contributed by atoms with van der Waals surface area (Å²) in [4.78, 5) is 31.2. The Labute approximate surface area is 166 Å². The summed E-state index contributed by atoms with van der Waals surface area (Å²) in [5, 5.41) is 17.3. The summed E-state index contributed by atoms with van der Waals surface area (Å²) in [5.74, 6) is 1.16. The molecule has 2 N–H and O–H groups in total. The third-order valence-corrected chi connectivity index (χ3v) is 5.73. The van der Waals surface area contributed by atoms with Gasteiger partial charge in [-0.2, -0.15) is 0 Å². The highest BCUT2D eigenvalue weighted by atomic mass is 16.3. The van der Waals surface area contributed by atoms with Crippen molar-refractivity contribution in [1.29, 1.82) is 0 Å². The summed E-state index contributed by atoms with van der Waals surface area (Å²) in [6, 6.07) is 4.17. The molecular formula is C20H32N4O4. The van der Waals surface area contributed by atoms with Crippen molar-refractivity contribution in [3.63, 3.8) is 0 Å². The lowest BCUT2D eigenvalue weighted by Gasteiger charge is -2.38. The minimum absolute atomic E-state index is 0.196. The average molecular weight is 393 g/mol. The van der Waals surface area contributed by atoms with Crippen LogP contribution in [0.4, 0.5) is 0 Å². The number of rotatable bonds is 5. The van der Waals surface area contributed by atoms with Crippen LogP contribution in [0.25, 0.3) is 0 Å². The predicted octanol–water partition coefficient (Wildman–Crippen LogP) is 0.374. The number of carbonyl (C=O) groups excluding carboxylic acids is 1. The fourth-order valence-corrected chi connectivity index (χ4v) is 4.35. The quantitative estimate of drug-likeness (QED) is 0.699. The van der Waals surface area contributed by atoms with Crippen LogP contribution in [0, 0.1) is 11.8 Å². The molecule has 0 spiro atoms. The Morgan fingerprint density at radius 1 is 1.21 bits per heavy atom. The van der Waals surface area contributed by atoms with Crippen molar-refractivity contribution >= 4 is 12.4 Å². The maximum atomic E-state index is 12.7. The predicted molar refractivity (Wildman–Crippen MR) is 106 cm³/mol. The number of likely N-dealkylation sites (tertiary alicyclic amines) is 1. The van der Waals surface area contributed by atoms with Gasteiger partial charge in [0.2, 0.25) is 5.91 Å². The number of pyridine rings is 1. The Morgan fingerprint density at radius 2 is 1.79 bits per heavy atom. The second-order valence-electron chi connectivity index (χ2n) is 8.02. The van der Waals surface area contributed by atoms with E-state index < -0.39 is 0 Å². The van der Waals surface area contributed by atoms with Gasteiger partial charge in [0.25, 0.3) is 6.47 Å². The number of carboxylic acid groups (broad SMARTS) is 1. The molecule has 1 saturated heterocycles. The van der Waals surface area contributed by atoms with Crippen LogP contribution in [0.5, 0.6) is 0 Å². The molecule has 2 fully saturated rings. The molecule has 4 atom stereocenters. The summed E-state index contributed by atoms with van der Waals surface area (Å²) in [6.07, 6.45) is 5.07. The zero-order valence-corrected chi connectivity index (χ0v) is 16.9. The smallest absolute Gasteiger partial charge is 0.290 e. The number of nitrogens with zero attached hydrogens (tertiary/aromatic N) is 4. The molecule has 2 aliphatic rings. The highest BCUT2D eigenvalue weighted by Crippen LogP contribution is 2.37. The molecule has 0 aromatic carbocycles. The van der Waals surface area contributed by atoms with Crippen molar-refractivity contribution in [2.75, 3.05) is 40.8 Å². The van der Waals surface area contributed by atoms with Crippen LogP contribution in [-0.4, -0.2) is 95.2 Å². The monoisotopic (exact) mass is 392 g/mol. The van der Waals surface area contributed by atoms with Gasteiger partial charge in [0, 0.05) is 38.1 Å². The third-order valence-electron chi connectivity index (χ3n) is 5.73. The maximum Gasteiger partial charge on any atom is 0.290 e. The van der Waals surface area contributed by atoms with E-state index in [0.717, 1.165) is 38.0 Å². The SMILES string of the molecule is CN(CC(=O)N1C[C@H]2C[C@@H](N(C)C)[C@H](O)C[C@H]2C1)Cc1ccncc1.O=CO. The number of aliphatic hydroxyl groups is 1. The van der Waals surface area contributed by atoms with Crippen LogP contribution in [0.1, 0.15) is 18.4 Å². The van der Waals surface area contributed by atoms with Crippen LogP contribution in [0.3, 0.4) is 0 Å². The van der Waals surface area contributed by atoms with E-state index in [4.69, 9.17) is 9.90 Å². The van der Waals surface area contributed by atoms with E-state index in [1.165, 1.54) is 0 Å². The van der Waals surface area contributed by atoms with E-state index in [0.29, 0.717) is 18.4 Å². The maximum absolute atomic E-state index is 12.7. The average Bonchev–Trinajstić information content (AvgIpc) is 3.05. The van der Waals surface area contributed by atoms with Crippen molar-refractivity contribution < 1.29 is 19.8 Å². The number of carbonyl (C=O) groups is 2. The van der Waals surface area contributed by atoms with Crippen LogP contribution >= 0.6 is 0 Å². The molecule has 1 aromatic heterocycles. The Bertz CT molecular complexity index is 628. The summed E-state index contributed by atoms with van der Waals surface area (Å²) >= 11 is 0. The highest BCUT2D eigenvalue weighted by molar-refractivity contribution is 5.78. The number of hydrogen-bond acceptors (Lipinski definition) is 6. The lowest BCUT2D eigenvalue weighted by Crippen LogP contribution is -2.46. The van der Waals surface area contributed by atoms with Gasteiger partial charge in [-0.05, 0) is 63.5 Å². The van der Waals surface area contributed by atoms with Crippen molar-refractivity contribution in [2.24, 2.45) is 11.8 Å². The van der Waals surface area contributed by atoms with Gasteiger partial charge in [0.1, 0.15) is 0 Å². The van der Waals surface area contributed by atoms with E-state index in [9.17, 15) is 9.90 Å². The van der Waals surface area contributed by atoms with E-state index in [-0.39, 0.29) is 24.5 Å². The van der Waals surface area contributed by atoms with E-state index >= 15 is 0 Å². The summed E-state index contributed by atoms with van der Waals surface area (Å²) in [6.45, 7) is 2.56. The molecule has 0 unspecified atom stereocenters. The van der Waals surface area contributed by atoms with E-state index in [1.54, 1.807) is 12.4 Å². The highest BCUT2D eigenvalue weighted by Gasteiger charge is 2.43. The molecule has 1 saturated carbocycles. The summed E-state index contributed by atoms with van der Waals surface area (Å²) in [7, 11) is 6.04. The molecular weight excluding hydrogens is 360 g/mol. The fraction of sp³-hybridized carbons (Fsp3) is 0.650. The van der Waals surface area contributed by atoms with Gasteiger partial charge < -0.3 is 20.0 Å². The molecule has 8 nitrogen and oxygen atoms in total. The van der Waals surface area contributed by atoms with Crippen molar-refractivity contribution in [3.8, 4) is 0 Å². The molecule has 28 heavy (non-hydrogen) atoms. The van der Waals surface area contributed by atoms with Gasteiger partial charge in [-0.15, -0.1) is 0 Å². The largest absolute Gasteiger partial charge is 0.483 e. The first-order valence-electron chi connectivity index (χ1n) is 9.63. The molecule has 1 aliphatic heterocycles. The molecule has 0 radical (unpaired) electrons. The molecule has 3 rings (SSSR count). The lowest BCUT2D eigenvalue weighted by molar-refractivity contribution is -0.131. The number of fused-ring (bicyclic) bond motifs is 1. The number of likely N-dealkylation sites (N-methyl/N-ethyl adjacent to an activating group) is 2. The molecule has 0 bridgehead atoms. The zero-order valence-electron chi connectivity index (χ0n) is 16.9. The standard InChI is InChI=1S/C19H30N4O2.CH2O2/c1-21(2)17-8-15-11-23(12-16(15)9-18(17)24)19(25)13-22(3)10-14-4-6-20-7-5-14;2-1-3/h4-7,15-18,24H,8-13H2,1-3H3;1H,(H,2,3)/t15-,16+,17-,18-;/m1./s1. The van der Waals surface area contributed by atoms with E-state index in [1.807, 2.05) is 38.2 Å². The van der Waals surface area contributed by atoms with Gasteiger partial charge >= 0.3 is 0 Å². The minimum atomic E-state index is -0.277.